The van der Waals surface area contributed by atoms with Crippen molar-refractivity contribution in [1.29, 1.82) is 0 Å². The summed E-state index contributed by atoms with van der Waals surface area (Å²) < 4.78 is 5.28. The van der Waals surface area contributed by atoms with Crippen LogP contribution in [0.2, 0.25) is 0 Å². The van der Waals surface area contributed by atoms with E-state index in [0.717, 1.165) is 31.4 Å². The van der Waals surface area contributed by atoms with Crippen LogP contribution in [-0.4, -0.2) is 10.7 Å². The minimum atomic E-state index is -0.506. The van der Waals surface area contributed by atoms with Gasteiger partial charge < -0.3 is 9.52 Å². The fraction of sp³-hybridized carbons (Fsp3) is 0.667. The van der Waals surface area contributed by atoms with Crippen molar-refractivity contribution in [1.82, 2.24) is 0 Å². The minimum Gasteiger partial charge on any atom is -0.469 e. The van der Waals surface area contributed by atoms with Crippen LogP contribution < -0.4 is 0 Å². The van der Waals surface area contributed by atoms with Gasteiger partial charge in [-0.25, -0.2) is 0 Å². The first-order valence-corrected chi connectivity index (χ1v) is 5.53. The zero-order valence-electron chi connectivity index (χ0n) is 8.54. The standard InChI is InChI=1S/C12H18O2/c13-12(7-3-1-2-4-8-12)10-11-6-5-9-14-11/h5-6,9,13H,1-4,7-8,10H2. The predicted molar refractivity (Wildman–Crippen MR) is 55.1 cm³/mol. The molecule has 0 atom stereocenters. The van der Waals surface area contributed by atoms with Crippen LogP contribution in [0.1, 0.15) is 44.3 Å². The first kappa shape index (κ1) is 9.78. The largest absolute Gasteiger partial charge is 0.469 e. The lowest BCUT2D eigenvalue weighted by Crippen LogP contribution is -2.30. The maximum atomic E-state index is 10.4. The Bertz CT molecular complexity index is 256. The fourth-order valence-corrected chi connectivity index (χ4v) is 2.30. The molecule has 0 unspecified atom stereocenters. The van der Waals surface area contributed by atoms with Gasteiger partial charge in [0.05, 0.1) is 11.9 Å². The zero-order chi connectivity index (χ0) is 9.86. The molecular formula is C12H18O2. The Labute approximate surface area is 84.9 Å². The molecule has 0 bridgehead atoms. The van der Waals surface area contributed by atoms with Gasteiger partial charge in [-0.15, -0.1) is 0 Å². The molecule has 2 heteroatoms. The van der Waals surface area contributed by atoms with Gasteiger partial charge in [-0.2, -0.15) is 0 Å². The van der Waals surface area contributed by atoms with Gasteiger partial charge in [-0.05, 0) is 25.0 Å². The van der Waals surface area contributed by atoms with Gasteiger partial charge >= 0.3 is 0 Å². The van der Waals surface area contributed by atoms with Crippen LogP contribution in [0.5, 0.6) is 0 Å². The van der Waals surface area contributed by atoms with Gasteiger partial charge in [0.2, 0.25) is 0 Å². The summed E-state index contributed by atoms with van der Waals surface area (Å²) in [5, 5.41) is 10.4. The van der Waals surface area contributed by atoms with E-state index in [1.54, 1.807) is 6.26 Å². The Morgan fingerprint density at radius 1 is 1.21 bits per heavy atom. The normalized spacial score (nSPS) is 21.8. The van der Waals surface area contributed by atoms with E-state index in [4.69, 9.17) is 4.42 Å². The molecule has 0 aliphatic heterocycles. The zero-order valence-corrected chi connectivity index (χ0v) is 8.54. The first-order chi connectivity index (χ1) is 6.79. The second-order valence-corrected chi connectivity index (χ2v) is 4.39. The number of aliphatic hydroxyl groups is 1. The average Bonchev–Trinajstić information content (AvgIpc) is 2.55. The Morgan fingerprint density at radius 3 is 2.50 bits per heavy atom. The average molecular weight is 194 g/mol. The van der Waals surface area contributed by atoms with Crippen molar-refractivity contribution >= 4 is 0 Å². The van der Waals surface area contributed by atoms with E-state index in [-0.39, 0.29) is 0 Å². The third-order valence-electron chi connectivity index (χ3n) is 3.12. The maximum absolute atomic E-state index is 10.4. The van der Waals surface area contributed by atoms with E-state index in [1.807, 2.05) is 12.1 Å². The van der Waals surface area contributed by atoms with Gasteiger partial charge in [0.25, 0.3) is 0 Å². The first-order valence-electron chi connectivity index (χ1n) is 5.53. The molecule has 1 aromatic heterocycles. The van der Waals surface area contributed by atoms with Crippen molar-refractivity contribution in [2.45, 2.75) is 50.5 Å². The molecule has 2 rings (SSSR count). The Kier molecular flexibility index (Phi) is 2.92. The monoisotopic (exact) mass is 194 g/mol. The molecule has 2 nitrogen and oxygen atoms in total. The molecule has 1 aliphatic rings. The Balaban J connectivity index is 1.99. The molecule has 0 radical (unpaired) electrons. The minimum absolute atomic E-state index is 0.506. The van der Waals surface area contributed by atoms with Gasteiger partial charge in [0.1, 0.15) is 5.76 Å². The molecule has 0 saturated heterocycles. The molecule has 0 aromatic carbocycles. The second-order valence-electron chi connectivity index (χ2n) is 4.39. The highest BCUT2D eigenvalue weighted by Gasteiger charge is 2.28. The molecule has 1 saturated carbocycles. The van der Waals surface area contributed by atoms with Gasteiger partial charge in [0, 0.05) is 6.42 Å². The van der Waals surface area contributed by atoms with Crippen molar-refractivity contribution < 1.29 is 9.52 Å². The summed E-state index contributed by atoms with van der Waals surface area (Å²) in [6.45, 7) is 0. The van der Waals surface area contributed by atoms with Crippen LogP contribution in [0, 0.1) is 0 Å². The predicted octanol–water partition coefficient (Wildman–Crippen LogP) is 2.91. The summed E-state index contributed by atoms with van der Waals surface area (Å²) in [6.07, 6.45) is 9.03. The molecule has 0 spiro atoms. The molecule has 1 fully saturated rings. The molecule has 1 aromatic rings. The number of hydrogen-bond donors (Lipinski definition) is 1. The maximum Gasteiger partial charge on any atom is 0.106 e. The third kappa shape index (κ3) is 2.38. The lowest BCUT2D eigenvalue weighted by molar-refractivity contribution is 0.0206. The summed E-state index contributed by atoms with van der Waals surface area (Å²) in [5.41, 5.74) is -0.506. The highest BCUT2D eigenvalue weighted by Crippen LogP contribution is 2.30. The van der Waals surface area contributed by atoms with Crippen LogP contribution in [0.3, 0.4) is 0 Å². The van der Waals surface area contributed by atoms with Crippen LogP contribution in [0.4, 0.5) is 0 Å². The number of furan rings is 1. The summed E-state index contributed by atoms with van der Waals surface area (Å²) in [7, 11) is 0. The number of rotatable bonds is 2. The van der Waals surface area contributed by atoms with Gasteiger partial charge in [-0.3, -0.25) is 0 Å². The smallest absolute Gasteiger partial charge is 0.106 e. The SMILES string of the molecule is OC1(Cc2ccco2)CCCCCC1. The molecule has 1 N–H and O–H groups in total. The van der Waals surface area contributed by atoms with Crippen molar-refractivity contribution in [2.24, 2.45) is 0 Å². The lowest BCUT2D eigenvalue weighted by Gasteiger charge is -2.25. The molecular weight excluding hydrogens is 176 g/mol. The van der Waals surface area contributed by atoms with Gasteiger partial charge in [-0.1, -0.05) is 25.7 Å². The summed E-state index contributed by atoms with van der Waals surface area (Å²) >= 11 is 0. The fourth-order valence-electron chi connectivity index (χ4n) is 2.30. The topological polar surface area (TPSA) is 33.4 Å². The van der Waals surface area contributed by atoms with E-state index in [1.165, 1.54) is 12.8 Å². The number of hydrogen-bond acceptors (Lipinski definition) is 2. The summed E-state index contributed by atoms with van der Waals surface area (Å²) in [6, 6.07) is 3.83. The molecule has 14 heavy (non-hydrogen) atoms. The van der Waals surface area contributed by atoms with Crippen molar-refractivity contribution in [2.75, 3.05) is 0 Å². The van der Waals surface area contributed by atoms with E-state index < -0.39 is 5.60 Å². The Morgan fingerprint density at radius 2 is 1.93 bits per heavy atom. The summed E-state index contributed by atoms with van der Waals surface area (Å²) in [4.78, 5) is 0. The van der Waals surface area contributed by atoms with Crippen LogP contribution in [-0.2, 0) is 6.42 Å². The second kappa shape index (κ2) is 4.18. The summed E-state index contributed by atoms with van der Waals surface area (Å²) in [5.74, 6) is 0.911. The van der Waals surface area contributed by atoms with E-state index in [9.17, 15) is 5.11 Å². The highest BCUT2D eigenvalue weighted by atomic mass is 16.3. The van der Waals surface area contributed by atoms with Crippen LogP contribution in [0.25, 0.3) is 0 Å². The van der Waals surface area contributed by atoms with E-state index in [0.29, 0.717) is 6.42 Å². The van der Waals surface area contributed by atoms with Crippen molar-refractivity contribution in [3.05, 3.63) is 24.2 Å². The molecule has 78 valence electrons. The van der Waals surface area contributed by atoms with E-state index in [2.05, 4.69) is 0 Å². The molecule has 0 amide bonds. The van der Waals surface area contributed by atoms with Crippen molar-refractivity contribution in [3.63, 3.8) is 0 Å². The van der Waals surface area contributed by atoms with Crippen LogP contribution in [0.15, 0.2) is 22.8 Å². The van der Waals surface area contributed by atoms with Gasteiger partial charge in [0.15, 0.2) is 0 Å². The van der Waals surface area contributed by atoms with Crippen molar-refractivity contribution in [3.8, 4) is 0 Å². The Hall–Kier alpha value is -0.760. The highest BCUT2D eigenvalue weighted by molar-refractivity contribution is 5.03. The molecule has 1 heterocycles. The van der Waals surface area contributed by atoms with E-state index >= 15 is 0 Å². The quantitative estimate of drug-likeness (QED) is 0.734. The van der Waals surface area contributed by atoms with Crippen LogP contribution >= 0.6 is 0 Å². The molecule has 1 aliphatic carbocycles. The lowest BCUT2D eigenvalue weighted by atomic mass is 9.90. The third-order valence-corrected chi connectivity index (χ3v) is 3.12.